The number of nitrogens with zero attached hydrogens (tertiary/aromatic N) is 1. The van der Waals surface area contributed by atoms with Gasteiger partial charge in [0.1, 0.15) is 24.7 Å². The van der Waals surface area contributed by atoms with E-state index in [1.165, 1.54) is 0 Å². The van der Waals surface area contributed by atoms with Crippen molar-refractivity contribution in [2.75, 3.05) is 6.54 Å². The summed E-state index contributed by atoms with van der Waals surface area (Å²) in [5.74, 6) is 2.05. The first-order valence-corrected chi connectivity index (χ1v) is 13.8. The van der Waals surface area contributed by atoms with Gasteiger partial charge in [-0.05, 0) is 58.5 Å². The highest BCUT2D eigenvalue weighted by molar-refractivity contribution is 5.90. The maximum Gasteiger partial charge on any atom is 0.224 e. The zero-order valence-corrected chi connectivity index (χ0v) is 23.2. The van der Waals surface area contributed by atoms with Crippen LogP contribution >= 0.6 is 0 Å². The van der Waals surface area contributed by atoms with Gasteiger partial charge in [-0.25, -0.2) is 0 Å². The van der Waals surface area contributed by atoms with E-state index >= 15 is 0 Å². The monoisotopic (exact) mass is 532 g/mol. The maximum absolute atomic E-state index is 12.8. The average Bonchev–Trinajstić information content (AvgIpc) is 3.31. The van der Waals surface area contributed by atoms with Crippen LogP contribution < -0.4 is 14.8 Å². The van der Waals surface area contributed by atoms with Crippen LogP contribution in [0.15, 0.2) is 109 Å². The van der Waals surface area contributed by atoms with Crippen molar-refractivity contribution in [3.8, 4) is 11.5 Å². The summed E-state index contributed by atoms with van der Waals surface area (Å²) in [6.07, 6.45) is 2.41. The molecule has 0 saturated heterocycles. The minimum Gasteiger partial charge on any atom is -0.489 e. The molecule has 0 aliphatic heterocycles. The fourth-order valence-electron chi connectivity index (χ4n) is 4.68. The summed E-state index contributed by atoms with van der Waals surface area (Å²) in [4.78, 5) is 12.8. The van der Waals surface area contributed by atoms with E-state index in [1.807, 2.05) is 54.6 Å². The topological polar surface area (TPSA) is 52.5 Å². The predicted molar refractivity (Wildman–Crippen MR) is 161 cm³/mol. The molecule has 1 N–H and O–H groups in total. The van der Waals surface area contributed by atoms with Gasteiger partial charge in [0.25, 0.3) is 0 Å². The highest BCUT2D eigenvalue weighted by Gasteiger charge is 2.14. The van der Waals surface area contributed by atoms with Gasteiger partial charge in [-0.3, -0.25) is 4.79 Å². The van der Waals surface area contributed by atoms with E-state index in [0.29, 0.717) is 38.6 Å². The second-order valence-corrected chi connectivity index (χ2v) is 10.5. The summed E-state index contributed by atoms with van der Waals surface area (Å²) in [5.41, 5.74) is 5.42. The molecule has 1 amide bonds. The van der Waals surface area contributed by atoms with E-state index in [1.54, 1.807) is 0 Å². The molecule has 0 aliphatic carbocycles. The number of amides is 1. The lowest BCUT2D eigenvalue weighted by Crippen LogP contribution is -2.28. The van der Waals surface area contributed by atoms with Gasteiger partial charge in [0.2, 0.25) is 5.91 Å². The van der Waals surface area contributed by atoms with E-state index in [2.05, 4.69) is 78.5 Å². The number of rotatable bonds is 12. The quantitative estimate of drug-likeness (QED) is 0.185. The molecule has 0 saturated carbocycles. The number of benzene rings is 4. The second-order valence-electron chi connectivity index (χ2n) is 10.5. The lowest BCUT2D eigenvalue weighted by Gasteiger charge is -2.10. The van der Waals surface area contributed by atoms with E-state index in [-0.39, 0.29) is 5.91 Å². The third kappa shape index (κ3) is 7.32. The fraction of sp³-hybridized carbons (Fsp3) is 0.229. The first-order valence-electron chi connectivity index (χ1n) is 13.8. The van der Waals surface area contributed by atoms with Gasteiger partial charge in [0.15, 0.2) is 0 Å². The zero-order valence-electron chi connectivity index (χ0n) is 23.2. The Morgan fingerprint density at radius 3 is 2.02 bits per heavy atom. The van der Waals surface area contributed by atoms with Crippen molar-refractivity contribution in [1.82, 2.24) is 9.88 Å². The fourth-order valence-corrected chi connectivity index (χ4v) is 4.68. The molecule has 204 valence electrons. The molecule has 0 fully saturated rings. The molecule has 0 spiro atoms. The van der Waals surface area contributed by atoms with E-state index < -0.39 is 0 Å². The molecule has 5 heteroatoms. The molecule has 40 heavy (non-hydrogen) atoms. The van der Waals surface area contributed by atoms with Crippen LogP contribution in [0.4, 0.5) is 0 Å². The number of aromatic nitrogens is 1. The van der Waals surface area contributed by atoms with Crippen LogP contribution in [0.1, 0.15) is 36.1 Å². The third-order valence-corrected chi connectivity index (χ3v) is 6.74. The number of nitrogens with one attached hydrogen (secondary N) is 1. The highest BCUT2D eigenvalue weighted by Crippen LogP contribution is 2.28. The summed E-state index contributed by atoms with van der Waals surface area (Å²) in [7, 11) is 0. The Kier molecular flexibility index (Phi) is 8.82. The van der Waals surface area contributed by atoms with E-state index in [0.717, 1.165) is 44.7 Å². The van der Waals surface area contributed by atoms with Crippen molar-refractivity contribution < 1.29 is 14.3 Å². The molecular formula is C35H36N2O3. The summed E-state index contributed by atoms with van der Waals surface area (Å²) in [5, 5.41) is 4.08. The molecule has 0 aliphatic rings. The number of carbonyl (C=O) groups excluding carboxylic acids is 1. The van der Waals surface area contributed by atoms with Crippen LogP contribution in [-0.4, -0.2) is 17.0 Å². The Morgan fingerprint density at radius 2 is 1.38 bits per heavy atom. The van der Waals surface area contributed by atoms with Crippen LogP contribution in [0.2, 0.25) is 0 Å². The van der Waals surface area contributed by atoms with Crippen molar-refractivity contribution in [3.05, 3.63) is 132 Å². The number of hydrogen-bond donors (Lipinski definition) is 1. The standard InChI is InChI=1S/C35H36N2O3/c1-26(2)21-36-35(38)19-30-23-37(22-29-14-9-15-31(18-29)39-24-27-10-5-3-6-11-27)34-17-16-32(20-33(30)34)40-25-28-12-7-4-8-13-28/h3-18,20,23,26H,19,21-22,24-25H2,1-2H3,(H,36,38). The smallest absolute Gasteiger partial charge is 0.224 e. The SMILES string of the molecule is CC(C)CNC(=O)Cc1cn(Cc2cccc(OCc3ccccc3)c2)c2ccc(OCc3ccccc3)cc12. The lowest BCUT2D eigenvalue weighted by molar-refractivity contribution is -0.120. The van der Waals surface area contributed by atoms with Crippen LogP contribution in [0, 0.1) is 5.92 Å². The summed E-state index contributed by atoms with van der Waals surface area (Å²) < 4.78 is 14.4. The summed E-state index contributed by atoms with van der Waals surface area (Å²) >= 11 is 0. The number of hydrogen-bond acceptors (Lipinski definition) is 3. The Balaban J connectivity index is 1.37. The number of carbonyl (C=O) groups is 1. The molecule has 0 unspecified atom stereocenters. The highest BCUT2D eigenvalue weighted by atomic mass is 16.5. The van der Waals surface area contributed by atoms with Crippen LogP contribution in [-0.2, 0) is 31.0 Å². The van der Waals surface area contributed by atoms with Gasteiger partial charge in [-0.15, -0.1) is 0 Å². The molecule has 1 heterocycles. The Bertz CT molecular complexity index is 1540. The van der Waals surface area contributed by atoms with Crippen LogP contribution in [0.5, 0.6) is 11.5 Å². The number of ether oxygens (including phenoxy) is 2. The third-order valence-electron chi connectivity index (χ3n) is 6.74. The second kappa shape index (κ2) is 13.0. The maximum atomic E-state index is 12.8. The Hall–Kier alpha value is -4.51. The molecule has 1 aromatic heterocycles. The summed E-state index contributed by atoms with van der Waals surface area (Å²) in [6, 6.07) is 34.6. The Morgan fingerprint density at radius 1 is 0.750 bits per heavy atom. The first-order chi connectivity index (χ1) is 19.5. The minimum atomic E-state index is 0.0275. The van der Waals surface area contributed by atoms with Gasteiger partial charge in [0.05, 0.1) is 6.42 Å². The van der Waals surface area contributed by atoms with Crippen LogP contribution in [0.3, 0.4) is 0 Å². The molecule has 0 radical (unpaired) electrons. The van der Waals surface area contributed by atoms with Gasteiger partial charge >= 0.3 is 0 Å². The van der Waals surface area contributed by atoms with Gasteiger partial charge in [0, 0.05) is 30.2 Å². The van der Waals surface area contributed by atoms with Gasteiger partial charge < -0.3 is 19.4 Å². The molecule has 4 aromatic carbocycles. The largest absolute Gasteiger partial charge is 0.489 e. The minimum absolute atomic E-state index is 0.0275. The first kappa shape index (κ1) is 27.1. The zero-order chi connectivity index (χ0) is 27.7. The summed E-state index contributed by atoms with van der Waals surface area (Å²) in [6.45, 7) is 6.54. The lowest BCUT2D eigenvalue weighted by atomic mass is 10.1. The van der Waals surface area contributed by atoms with E-state index in [9.17, 15) is 4.79 Å². The van der Waals surface area contributed by atoms with Crippen molar-refractivity contribution >= 4 is 16.8 Å². The molecule has 0 bridgehead atoms. The van der Waals surface area contributed by atoms with Crippen LogP contribution in [0.25, 0.3) is 10.9 Å². The van der Waals surface area contributed by atoms with Crippen molar-refractivity contribution in [2.45, 2.75) is 40.0 Å². The molecule has 5 nitrogen and oxygen atoms in total. The van der Waals surface area contributed by atoms with Crippen molar-refractivity contribution in [3.63, 3.8) is 0 Å². The molecule has 0 atom stereocenters. The van der Waals surface area contributed by atoms with Gasteiger partial charge in [-0.2, -0.15) is 0 Å². The predicted octanol–water partition coefficient (Wildman–Crippen LogP) is 7.16. The normalized spacial score (nSPS) is 11.1. The number of fused-ring (bicyclic) bond motifs is 1. The van der Waals surface area contributed by atoms with E-state index in [4.69, 9.17) is 9.47 Å². The Labute approximate surface area is 236 Å². The molecule has 5 rings (SSSR count). The average molecular weight is 533 g/mol. The van der Waals surface area contributed by atoms with Crippen molar-refractivity contribution in [1.29, 1.82) is 0 Å². The van der Waals surface area contributed by atoms with Crippen molar-refractivity contribution in [2.24, 2.45) is 5.92 Å². The molecule has 5 aromatic rings. The van der Waals surface area contributed by atoms with Gasteiger partial charge in [-0.1, -0.05) is 86.6 Å². The molecular weight excluding hydrogens is 496 g/mol.